The van der Waals surface area contributed by atoms with Crippen LogP contribution in [0.25, 0.3) is 0 Å². The van der Waals surface area contributed by atoms with Crippen LogP contribution in [0.2, 0.25) is 0 Å². The van der Waals surface area contributed by atoms with Crippen LogP contribution >= 0.6 is 0 Å². The third kappa shape index (κ3) is 5.17. The summed E-state index contributed by atoms with van der Waals surface area (Å²) in [6.45, 7) is -1.18. The van der Waals surface area contributed by atoms with Crippen LogP contribution in [-0.4, -0.2) is 32.4 Å². The largest absolute Gasteiger partial charge is 0.434 e. The number of para-hydroxylation sites is 3. The number of alkyl halides is 2. The number of hydrogen-bond acceptors (Lipinski definition) is 6. The predicted octanol–water partition coefficient (Wildman–Crippen LogP) is 4.53. The highest BCUT2D eigenvalue weighted by Gasteiger charge is 2.31. The maximum absolute atomic E-state index is 12.9. The summed E-state index contributed by atoms with van der Waals surface area (Å²) < 4.78 is 30.0. The first-order valence-electron chi connectivity index (χ1n) is 10.9. The minimum Gasteiger partial charge on any atom is -0.434 e. The number of Topliss-reactive ketones (excluding diaryl/α,β-unsaturated/α-hetero) is 1. The van der Waals surface area contributed by atoms with Gasteiger partial charge in [0.15, 0.2) is 5.78 Å². The van der Waals surface area contributed by atoms with E-state index in [2.05, 4.69) is 10.1 Å². The Morgan fingerprint density at radius 3 is 2.18 bits per heavy atom. The van der Waals surface area contributed by atoms with Gasteiger partial charge in [-0.3, -0.25) is 9.59 Å². The molecule has 9 heteroatoms. The maximum atomic E-state index is 12.9. The molecule has 1 aliphatic heterocycles. The highest BCUT2D eigenvalue weighted by molar-refractivity contribution is 6.03. The van der Waals surface area contributed by atoms with E-state index in [1.807, 2.05) is 30.3 Å². The number of hydrogen-bond donors (Lipinski definition) is 1. The van der Waals surface area contributed by atoms with Crippen LogP contribution in [0.5, 0.6) is 5.75 Å². The molecule has 34 heavy (non-hydrogen) atoms. The molecule has 1 aliphatic rings. The fourth-order valence-electron chi connectivity index (χ4n) is 4.05. The molecule has 7 nitrogen and oxygen atoms in total. The number of nitriles is 1. The number of nitrogens with zero attached hydrogens (tertiary/aromatic N) is 3. The predicted molar refractivity (Wildman–Crippen MR) is 124 cm³/mol. The Bertz CT molecular complexity index is 1110. The van der Waals surface area contributed by atoms with Crippen molar-refractivity contribution in [3.05, 3.63) is 65.5 Å². The standard InChI is InChI=1S/C25H26F2N4O3/c1-4-18(16-9-5-8-12-22(16)34-25(26)27)29-23(33)14-13-21(32)17(15-28)24-30(2)19-10-6-7-11-20(19)31(24)3/h5-12,18,25H,4,13-14H2,1-3H3,(H,29,33). The second-order valence-electron chi connectivity index (χ2n) is 7.79. The van der Waals surface area contributed by atoms with Gasteiger partial charge < -0.3 is 19.9 Å². The number of amides is 1. The van der Waals surface area contributed by atoms with E-state index in [1.165, 1.54) is 6.07 Å². The summed E-state index contributed by atoms with van der Waals surface area (Å²) in [6.07, 6.45) is 0.124. The molecule has 0 bridgehead atoms. The van der Waals surface area contributed by atoms with Gasteiger partial charge in [-0.05, 0) is 24.6 Å². The van der Waals surface area contributed by atoms with Crippen LogP contribution in [0.3, 0.4) is 0 Å². The van der Waals surface area contributed by atoms with Crippen LogP contribution < -0.4 is 19.9 Å². The monoisotopic (exact) mass is 468 g/mol. The van der Waals surface area contributed by atoms with Crippen molar-refractivity contribution in [2.45, 2.75) is 38.8 Å². The molecule has 2 aromatic carbocycles. The molecule has 0 spiro atoms. The minimum atomic E-state index is -2.98. The smallest absolute Gasteiger partial charge is 0.387 e. The molecule has 1 amide bonds. The van der Waals surface area contributed by atoms with Crippen LogP contribution in [0.4, 0.5) is 20.2 Å². The second-order valence-corrected chi connectivity index (χ2v) is 7.79. The van der Waals surface area contributed by atoms with Crippen molar-refractivity contribution in [3.63, 3.8) is 0 Å². The Morgan fingerprint density at radius 1 is 1.03 bits per heavy atom. The lowest BCUT2D eigenvalue weighted by Crippen LogP contribution is -2.30. The quantitative estimate of drug-likeness (QED) is 0.430. The first-order chi connectivity index (χ1) is 16.3. The molecule has 0 saturated heterocycles. The molecule has 2 aromatic rings. The Hall–Kier alpha value is -3.93. The zero-order chi connectivity index (χ0) is 24.8. The number of allylic oxidation sites excluding steroid dienone is 1. The summed E-state index contributed by atoms with van der Waals surface area (Å²) in [4.78, 5) is 29.0. The summed E-state index contributed by atoms with van der Waals surface area (Å²) >= 11 is 0. The molecule has 1 N–H and O–H groups in total. The van der Waals surface area contributed by atoms with Gasteiger partial charge in [0.2, 0.25) is 5.91 Å². The van der Waals surface area contributed by atoms with Crippen LogP contribution in [0.15, 0.2) is 59.9 Å². The van der Waals surface area contributed by atoms with E-state index in [4.69, 9.17) is 0 Å². The van der Waals surface area contributed by atoms with Gasteiger partial charge in [0.05, 0.1) is 17.4 Å². The van der Waals surface area contributed by atoms with Crippen molar-refractivity contribution < 1.29 is 23.1 Å². The summed E-state index contributed by atoms with van der Waals surface area (Å²) in [5, 5.41) is 12.5. The van der Waals surface area contributed by atoms with Gasteiger partial charge in [-0.1, -0.05) is 37.3 Å². The molecule has 1 heterocycles. The molecule has 0 aliphatic carbocycles. The van der Waals surface area contributed by atoms with Crippen molar-refractivity contribution in [3.8, 4) is 11.8 Å². The van der Waals surface area contributed by atoms with Gasteiger partial charge in [-0.15, -0.1) is 0 Å². The number of anilines is 2. The highest BCUT2D eigenvalue weighted by Crippen LogP contribution is 2.40. The van der Waals surface area contributed by atoms with Crippen molar-refractivity contribution in [2.75, 3.05) is 23.9 Å². The lowest BCUT2D eigenvalue weighted by molar-refractivity contribution is -0.124. The number of rotatable bonds is 9. The summed E-state index contributed by atoms with van der Waals surface area (Å²) in [5.74, 6) is -0.429. The number of benzene rings is 2. The third-order valence-electron chi connectivity index (χ3n) is 5.69. The topological polar surface area (TPSA) is 85.7 Å². The van der Waals surface area contributed by atoms with Crippen molar-refractivity contribution >= 4 is 23.1 Å². The Kier molecular flexibility index (Phi) is 7.84. The Balaban J connectivity index is 1.70. The van der Waals surface area contributed by atoms with E-state index in [9.17, 15) is 23.6 Å². The van der Waals surface area contributed by atoms with Crippen molar-refractivity contribution in [1.82, 2.24) is 5.32 Å². The van der Waals surface area contributed by atoms with Gasteiger partial charge >= 0.3 is 6.61 Å². The average molecular weight is 469 g/mol. The molecule has 3 rings (SSSR count). The number of nitrogens with one attached hydrogen (secondary N) is 1. The molecule has 1 atom stereocenters. The molecule has 0 radical (unpaired) electrons. The Morgan fingerprint density at radius 2 is 1.62 bits per heavy atom. The van der Waals surface area contributed by atoms with Crippen LogP contribution in [-0.2, 0) is 9.59 Å². The van der Waals surface area contributed by atoms with Gasteiger partial charge in [0.1, 0.15) is 23.2 Å². The zero-order valence-electron chi connectivity index (χ0n) is 19.2. The number of halogens is 2. The maximum Gasteiger partial charge on any atom is 0.387 e. The Labute approximate surface area is 197 Å². The zero-order valence-corrected chi connectivity index (χ0v) is 19.2. The first-order valence-corrected chi connectivity index (χ1v) is 10.9. The summed E-state index contributed by atoms with van der Waals surface area (Å²) in [7, 11) is 3.56. The van der Waals surface area contributed by atoms with Gasteiger partial charge in [0.25, 0.3) is 0 Å². The van der Waals surface area contributed by atoms with Gasteiger partial charge in [0, 0.05) is 32.5 Å². The number of ether oxygens (including phenoxy) is 1. The second kappa shape index (κ2) is 10.8. The first kappa shape index (κ1) is 24.7. The van der Waals surface area contributed by atoms with Gasteiger partial charge in [-0.25, -0.2) is 0 Å². The molecule has 0 fully saturated rings. The van der Waals surface area contributed by atoms with E-state index in [0.29, 0.717) is 17.8 Å². The van der Waals surface area contributed by atoms with Crippen LogP contribution in [0.1, 0.15) is 37.8 Å². The molecule has 178 valence electrons. The fourth-order valence-corrected chi connectivity index (χ4v) is 4.05. The average Bonchev–Trinajstić information content (AvgIpc) is 3.07. The number of ketones is 1. The molecular formula is C25H26F2N4O3. The molecule has 1 unspecified atom stereocenters. The molecular weight excluding hydrogens is 442 g/mol. The molecule has 0 saturated carbocycles. The van der Waals surface area contributed by atoms with E-state index < -0.39 is 24.3 Å². The normalized spacial score (nSPS) is 13.4. The third-order valence-corrected chi connectivity index (χ3v) is 5.69. The number of carbonyl (C=O) groups is 2. The van der Waals surface area contributed by atoms with E-state index in [0.717, 1.165) is 11.4 Å². The van der Waals surface area contributed by atoms with Crippen molar-refractivity contribution in [2.24, 2.45) is 0 Å². The van der Waals surface area contributed by atoms with E-state index >= 15 is 0 Å². The lowest BCUT2D eigenvalue weighted by atomic mass is 10.0. The molecule has 0 aromatic heterocycles. The lowest BCUT2D eigenvalue weighted by Gasteiger charge is -2.21. The van der Waals surface area contributed by atoms with E-state index in [-0.39, 0.29) is 24.2 Å². The number of carbonyl (C=O) groups excluding carboxylic acids is 2. The van der Waals surface area contributed by atoms with Crippen molar-refractivity contribution in [1.29, 1.82) is 5.26 Å². The number of fused-ring (bicyclic) bond motifs is 1. The fraction of sp³-hybridized carbons (Fsp3) is 0.320. The summed E-state index contributed by atoms with van der Waals surface area (Å²) in [5.41, 5.74) is 2.14. The van der Waals surface area contributed by atoms with Gasteiger partial charge in [-0.2, -0.15) is 14.0 Å². The summed E-state index contributed by atoms with van der Waals surface area (Å²) in [6, 6.07) is 15.2. The minimum absolute atomic E-state index is 0.0101. The highest BCUT2D eigenvalue weighted by atomic mass is 19.3. The van der Waals surface area contributed by atoms with Crippen LogP contribution in [0, 0.1) is 11.3 Å². The SMILES string of the molecule is CCC(NC(=O)CCC(=O)C(C#N)=C1N(C)c2ccccc2N1C)c1ccccc1OC(F)F. The van der Waals surface area contributed by atoms with E-state index in [1.54, 1.807) is 49.0 Å².